The van der Waals surface area contributed by atoms with Crippen LogP contribution in [0, 0.1) is 0 Å². The van der Waals surface area contributed by atoms with E-state index in [0.717, 1.165) is 29.9 Å². The molecule has 1 heterocycles. The fourth-order valence-corrected chi connectivity index (χ4v) is 3.90. The maximum atomic E-state index is 4.55. The summed E-state index contributed by atoms with van der Waals surface area (Å²) in [5.41, 5.74) is 0. The summed E-state index contributed by atoms with van der Waals surface area (Å²) in [6.45, 7) is 3.94. The summed E-state index contributed by atoms with van der Waals surface area (Å²) in [6, 6.07) is 2.01. The van der Waals surface area contributed by atoms with Crippen molar-refractivity contribution in [3.63, 3.8) is 0 Å². The summed E-state index contributed by atoms with van der Waals surface area (Å²) < 4.78 is 0.392. The van der Waals surface area contributed by atoms with E-state index in [-0.39, 0.29) is 0 Å². The molecule has 4 nitrogen and oxygen atoms in total. The van der Waals surface area contributed by atoms with Gasteiger partial charge in [-0.1, -0.05) is 24.6 Å². The van der Waals surface area contributed by atoms with Crippen molar-refractivity contribution in [2.24, 2.45) is 0 Å². The average molecular weight is 313 g/mol. The van der Waals surface area contributed by atoms with E-state index in [1.165, 1.54) is 25.7 Å². The standard InChI is InChI=1S/C14H24N4S2/c1-4-15-11-9-12(18-13(17-11)19-2)16-10-14(20-3)7-5-6-8-14/h9H,4-8,10H2,1-3H3,(H2,15,16,17,18). The molecule has 6 heteroatoms. The van der Waals surface area contributed by atoms with Crippen molar-refractivity contribution >= 4 is 35.2 Å². The number of hydrogen-bond donors (Lipinski definition) is 2. The topological polar surface area (TPSA) is 49.8 Å². The molecule has 1 aliphatic carbocycles. The second-order valence-electron chi connectivity index (χ2n) is 5.10. The molecule has 0 saturated heterocycles. The van der Waals surface area contributed by atoms with Gasteiger partial charge in [0, 0.05) is 23.9 Å². The van der Waals surface area contributed by atoms with Crippen LogP contribution in [-0.4, -0.2) is 40.3 Å². The van der Waals surface area contributed by atoms with Gasteiger partial charge in [-0.15, -0.1) is 0 Å². The van der Waals surface area contributed by atoms with Crippen molar-refractivity contribution < 1.29 is 0 Å². The molecule has 2 rings (SSSR count). The lowest BCUT2D eigenvalue weighted by molar-refractivity contribution is 0.638. The van der Waals surface area contributed by atoms with Crippen LogP contribution >= 0.6 is 23.5 Å². The minimum absolute atomic E-state index is 0.392. The Morgan fingerprint density at radius 2 is 1.80 bits per heavy atom. The highest BCUT2D eigenvalue weighted by molar-refractivity contribution is 8.00. The smallest absolute Gasteiger partial charge is 0.191 e. The fourth-order valence-electron chi connectivity index (χ4n) is 2.60. The molecule has 1 fully saturated rings. The second-order valence-corrected chi connectivity index (χ2v) is 7.15. The van der Waals surface area contributed by atoms with Crippen LogP contribution in [0.1, 0.15) is 32.6 Å². The van der Waals surface area contributed by atoms with Crippen LogP contribution in [0.15, 0.2) is 11.2 Å². The van der Waals surface area contributed by atoms with E-state index in [0.29, 0.717) is 4.75 Å². The largest absolute Gasteiger partial charge is 0.370 e. The lowest BCUT2D eigenvalue weighted by Gasteiger charge is -2.27. The first-order valence-electron chi connectivity index (χ1n) is 7.17. The van der Waals surface area contributed by atoms with Gasteiger partial charge in [0.05, 0.1) is 0 Å². The molecule has 2 N–H and O–H groups in total. The first-order valence-corrected chi connectivity index (χ1v) is 9.62. The van der Waals surface area contributed by atoms with Gasteiger partial charge in [0.15, 0.2) is 5.16 Å². The predicted octanol–water partition coefficient (Wildman–Crippen LogP) is 3.72. The highest BCUT2D eigenvalue weighted by atomic mass is 32.2. The van der Waals surface area contributed by atoms with Gasteiger partial charge < -0.3 is 10.6 Å². The Hall–Kier alpha value is -0.620. The van der Waals surface area contributed by atoms with E-state index >= 15 is 0 Å². The van der Waals surface area contributed by atoms with Crippen molar-refractivity contribution in [1.82, 2.24) is 9.97 Å². The number of anilines is 2. The molecule has 0 spiro atoms. The Balaban J connectivity index is 2.06. The van der Waals surface area contributed by atoms with Gasteiger partial charge in [0.25, 0.3) is 0 Å². The quantitative estimate of drug-likeness (QED) is 0.591. The molecule has 0 unspecified atom stereocenters. The molecule has 0 amide bonds. The van der Waals surface area contributed by atoms with E-state index < -0.39 is 0 Å². The Bertz CT molecular complexity index is 433. The van der Waals surface area contributed by atoms with E-state index in [9.17, 15) is 0 Å². The third-order valence-corrected chi connectivity index (χ3v) is 5.75. The highest BCUT2D eigenvalue weighted by Gasteiger charge is 2.32. The molecule has 1 aromatic rings. The zero-order valence-corrected chi connectivity index (χ0v) is 14.2. The summed E-state index contributed by atoms with van der Waals surface area (Å²) in [7, 11) is 0. The van der Waals surface area contributed by atoms with Crippen LogP contribution in [0.4, 0.5) is 11.6 Å². The number of hydrogen-bond acceptors (Lipinski definition) is 6. The van der Waals surface area contributed by atoms with Gasteiger partial charge in [0.2, 0.25) is 0 Å². The Labute approximate surface area is 130 Å². The molecule has 0 bridgehead atoms. The summed E-state index contributed by atoms with van der Waals surface area (Å²) in [6.07, 6.45) is 9.55. The molecule has 0 radical (unpaired) electrons. The van der Waals surface area contributed by atoms with Crippen LogP contribution in [0.25, 0.3) is 0 Å². The molecule has 0 aromatic carbocycles. The van der Waals surface area contributed by atoms with E-state index in [4.69, 9.17) is 0 Å². The van der Waals surface area contributed by atoms with Gasteiger partial charge in [-0.3, -0.25) is 0 Å². The van der Waals surface area contributed by atoms with Crippen molar-refractivity contribution in [3.05, 3.63) is 6.07 Å². The van der Waals surface area contributed by atoms with Crippen molar-refractivity contribution in [2.75, 3.05) is 36.2 Å². The normalized spacial score (nSPS) is 17.1. The number of aromatic nitrogens is 2. The van der Waals surface area contributed by atoms with E-state index in [1.807, 2.05) is 24.1 Å². The van der Waals surface area contributed by atoms with Crippen LogP contribution in [-0.2, 0) is 0 Å². The number of nitrogens with zero attached hydrogens (tertiary/aromatic N) is 2. The van der Waals surface area contributed by atoms with Gasteiger partial charge in [0.1, 0.15) is 11.6 Å². The SMILES string of the molecule is CCNc1cc(NCC2(SC)CCCC2)nc(SC)n1. The highest BCUT2D eigenvalue weighted by Crippen LogP contribution is 2.40. The van der Waals surface area contributed by atoms with Gasteiger partial charge in [-0.2, -0.15) is 11.8 Å². The monoisotopic (exact) mass is 312 g/mol. The zero-order chi connectivity index (χ0) is 14.4. The molecular formula is C14H24N4S2. The van der Waals surface area contributed by atoms with Crippen LogP contribution in [0.2, 0.25) is 0 Å². The molecule has 0 aliphatic heterocycles. The van der Waals surface area contributed by atoms with Crippen LogP contribution < -0.4 is 10.6 Å². The average Bonchev–Trinajstić information content (AvgIpc) is 2.95. The summed E-state index contributed by atoms with van der Waals surface area (Å²) in [5, 5.41) is 7.61. The third kappa shape index (κ3) is 3.95. The van der Waals surface area contributed by atoms with Crippen molar-refractivity contribution in [1.29, 1.82) is 0 Å². The first-order chi connectivity index (χ1) is 9.71. The summed E-state index contributed by atoms with van der Waals surface area (Å²) in [4.78, 5) is 9.01. The van der Waals surface area contributed by atoms with E-state index in [1.54, 1.807) is 11.8 Å². The lowest BCUT2D eigenvalue weighted by Crippen LogP contribution is -2.30. The lowest BCUT2D eigenvalue weighted by atomic mass is 10.1. The van der Waals surface area contributed by atoms with Gasteiger partial charge in [-0.05, 0) is 32.3 Å². The first kappa shape index (κ1) is 15.8. The molecule has 20 heavy (non-hydrogen) atoms. The molecule has 1 aromatic heterocycles. The third-order valence-electron chi connectivity index (χ3n) is 3.79. The van der Waals surface area contributed by atoms with Crippen molar-refractivity contribution in [3.8, 4) is 0 Å². The molecule has 0 atom stereocenters. The van der Waals surface area contributed by atoms with Gasteiger partial charge in [-0.25, -0.2) is 9.97 Å². The Kier molecular flexibility index (Phi) is 5.84. The molecule has 1 saturated carbocycles. The molecule has 1 aliphatic rings. The summed E-state index contributed by atoms with van der Waals surface area (Å²) in [5.74, 6) is 1.83. The van der Waals surface area contributed by atoms with Crippen LogP contribution in [0.5, 0.6) is 0 Å². The molecule has 112 valence electrons. The van der Waals surface area contributed by atoms with E-state index in [2.05, 4.69) is 33.8 Å². The fraction of sp³-hybridized carbons (Fsp3) is 0.714. The number of nitrogens with one attached hydrogen (secondary N) is 2. The Morgan fingerprint density at radius 1 is 1.15 bits per heavy atom. The Morgan fingerprint density at radius 3 is 2.35 bits per heavy atom. The zero-order valence-electron chi connectivity index (χ0n) is 12.5. The number of rotatable bonds is 7. The number of thioether (sulfide) groups is 2. The molecular weight excluding hydrogens is 288 g/mol. The van der Waals surface area contributed by atoms with Crippen molar-refractivity contribution in [2.45, 2.75) is 42.5 Å². The second kappa shape index (κ2) is 7.41. The maximum Gasteiger partial charge on any atom is 0.191 e. The maximum absolute atomic E-state index is 4.55. The minimum Gasteiger partial charge on any atom is -0.370 e. The predicted molar refractivity (Wildman–Crippen MR) is 91.2 cm³/mol. The minimum atomic E-state index is 0.392. The van der Waals surface area contributed by atoms with Gasteiger partial charge >= 0.3 is 0 Å². The summed E-state index contributed by atoms with van der Waals surface area (Å²) >= 11 is 3.58. The van der Waals surface area contributed by atoms with Crippen LogP contribution in [0.3, 0.4) is 0 Å².